The fourth-order valence-corrected chi connectivity index (χ4v) is 1.44. The number of hydrogen-bond acceptors (Lipinski definition) is 2. The molecule has 0 spiro atoms. The number of para-hydroxylation sites is 1. The second-order valence-electron chi connectivity index (χ2n) is 3.40. The summed E-state index contributed by atoms with van der Waals surface area (Å²) in [5.74, 6) is 0.679. The summed E-state index contributed by atoms with van der Waals surface area (Å²) in [7, 11) is 0. The van der Waals surface area contributed by atoms with Crippen LogP contribution in [0.2, 0.25) is 0 Å². The van der Waals surface area contributed by atoms with Crippen molar-refractivity contribution in [2.24, 2.45) is 0 Å². The van der Waals surface area contributed by atoms with E-state index in [1.165, 1.54) is 10.7 Å². The van der Waals surface area contributed by atoms with Crippen molar-refractivity contribution in [1.29, 1.82) is 0 Å². The van der Waals surface area contributed by atoms with Gasteiger partial charge in [0.25, 0.3) is 5.56 Å². The summed E-state index contributed by atoms with van der Waals surface area (Å²) in [5.41, 5.74) is 0.868. The minimum atomic E-state index is -0.0710. The molecule has 0 radical (unpaired) electrons. The molecule has 1 aromatic carbocycles. The number of aromatic amines is 1. The fourth-order valence-electron chi connectivity index (χ4n) is 1.44. The van der Waals surface area contributed by atoms with Crippen LogP contribution in [0.15, 0.2) is 53.8 Å². The van der Waals surface area contributed by atoms with E-state index in [9.17, 15) is 4.79 Å². The van der Waals surface area contributed by atoms with Crippen LogP contribution in [0.4, 0.5) is 11.5 Å². The Morgan fingerprint density at radius 2 is 2.12 bits per heavy atom. The molecule has 0 aliphatic heterocycles. The van der Waals surface area contributed by atoms with Crippen molar-refractivity contribution in [2.45, 2.75) is 6.54 Å². The van der Waals surface area contributed by atoms with E-state index >= 15 is 0 Å². The zero-order chi connectivity index (χ0) is 11.4. The highest BCUT2D eigenvalue weighted by molar-refractivity contribution is 5.54. The molecule has 4 nitrogen and oxygen atoms in total. The second-order valence-corrected chi connectivity index (χ2v) is 3.40. The molecular weight excluding hydrogens is 202 g/mol. The SMILES string of the molecule is C=CCn1[nH]c(Nc2ccccc2)cc1=O. The first kappa shape index (κ1) is 10.3. The number of H-pyrrole nitrogens is 1. The van der Waals surface area contributed by atoms with E-state index in [0.717, 1.165) is 5.69 Å². The molecular formula is C12H13N3O. The third-order valence-electron chi connectivity index (χ3n) is 2.15. The number of hydrogen-bond donors (Lipinski definition) is 2. The van der Waals surface area contributed by atoms with Crippen molar-refractivity contribution in [2.75, 3.05) is 5.32 Å². The van der Waals surface area contributed by atoms with Crippen molar-refractivity contribution in [3.05, 3.63) is 59.4 Å². The molecule has 0 fully saturated rings. The summed E-state index contributed by atoms with van der Waals surface area (Å²) in [5, 5.41) is 6.07. The molecule has 1 aromatic heterocycles. The maximum Gasteiger partial charge on any atom is 0.268 e. The van der Waals surface area contributed by atoms with Gasteiger partial charge in [0.05, 0.1) is 6.54 Å². The number of benzene rings is 1. The molecule has 0 amide bonds. The van der Waals surface area contributed by atoms with Crippen molar-refractivity contribution < 1.29 is 0 Å². The summed E-state index contributed by atoms with van der Waals surface area (Å²) in [4.78, 5) is 11.5. The van der Waals surface area contributed by atoms with Gasteiger partial charge in [-0.15, -0.1) is 6.58 Å². The molecule has 0 saturated carbocycles. The average molecular weight is 215 g/mol. The molecule has 0 aliphatic carbocycles. The predicted octanol–water partition coefficient (Wildman–Crippen LogP) is 2.11. The van der Waals surface area contributed by atoms with Gasteiger partial charge in [0.15, 0.2) is 0 Å². The molecule has 2 N–H and O–H groups in total. The Labute approximate surface area is 93.2 Å². The number of aromatic nitrogens is 2. The number of nitrogens with one attached hydrogen (secondary N) is 2. The van der Waals surface area contributed by atoms with E-state index in [0.29, 0.717) is 12.4 Å². The molecule has 0 unspecified atom stereocenters. The van der Waals surface area contributed by atoms with Gasteiger partial charge in [-0.3, -0.25) is 9.89 Å². The van der Waals surface area contributed by atoms with Crippen LogP contribution in [0.5, 0.6) is 0 Å². The smallest absolute Gasteiger partial charge is 0.268 e. The van der Waals surface area contributed by atoms with Crippen molar-refractivity contribution in [3.63, 3.8) is 0 Å². The van der Waals surface area contributed by atoms with E-state index in [-0.39, 0.29) is 5.56 Å². The highest BCUT2D eigenvalue weighted by atomic mass is 16.1. The van der Waals surface area contributed by atoms with Crippen molar-refractivity contribution in [3.8, 4) is 0 Å². The highest BCUT2D eigenvalue weighted by Gasteiger charge is 2.00. The summed E-state index contributed by atoms with van der Waals surface area (Å²) < 4.78 is 1.48. The van der Waals surface area contributed by atoms with E-state index in [1.807, 2.05) is 30.3 Å². The quantitative estimate of drug-likeness (QED) is 0.767. The van der Waals surface area contributed by atoms with Crippen LogP contribution in [-0.2, 0) is 6.54 Å². The third-order valence-corrected chi connectivity index (χ3v) is 2.15. The van der Waals surface area contributed by atoms with Gasteiger partial charge in [-0.2, -0.15) is 0 Å². The topological polar surface area (TPSA) is 49.8 Å². The molecule has 2 aromatic rings. The van der Waals surface area contributed by atoms with Crippen LogP contribution in [0.25, 0.3) is 0 Å². The van der Waals surface area contributed by atoms with E-state index in [1.54, 1.807) is 6.08 Å². The summed E-state index contributed by atoms with van der Waals surface area (Å²) in [6.07, 6.45) is 1.67. The minimum absolute atomic E-state index is 0.0710. The van der Waals surface area contributed by atoms with Gasteiger partial charge in [-0.25, -0.2) is 4.68 Å². The second kappa shape index (κ2) is 4.53. The molecule has 2 rings (SSSR count). The first-order valence-corrected chi connectivity index (χ1v) is 5.02. The first-order valence-electron chi connectivity index (χ1n) is 5.02. The van der Waals surface area contributed by atoms with Gasteiger partial charge in [0.1, 0.15) is 5.82 Å². The lowest BCUT2D eigenvalue weighted by molar-refractivity contribution is 0.681. The molecule has 4 heteroatoms. The largest absolute Gasteiger partial charge is 0.341 e. The molecule has 0 saturated heterocycles. The normalized spacial score (nSPS) is 10.0. The molecule has 0 atom stereocenters. The summed E-state index contributed by atoms with van der Waals surface area (Å²) in [6, 6.07) is 11.2. The lowest BCUT2D eigenvalue weighted by Crippen LogP contribution is -2.14. The van der Waals surface area contributed by atoms with Crippen LogP contribution < -0.4 is 10.9 Å². The van der Waals surface area contributed by atoms with Gasteiger partial charge in [0, 0.05) is 11.8 Å². The van der Waals surface area contributed by atoms with Crippen molar-refractivity contribution in [1.82, 2.24) is 9.78 Å². The Balaban J connectivity index is 2.20. The standard InChI is InChI=1S/C12H13N3O/c1-2-8-15-12(16)9-11(14-15)13-10-6-4-3-5-7-10/h2-7,9,13-14H,1,8H2. The van der Waals surface area contributed by atoms with Crippen LogP contribution in [0.3, 0.4) is 0 Å². The van der Waals surface area contributed by atoms with Gasteiger partial charge in [0.2, 0.25) is 0 Å². The Kier molecular flexibility index (Phi) is 2.91. The zero-order valence-corrected chi connectivity index (χ0v) is 8.81. The Hall–Kier alpha value is -2.23. The Bertz CT molecular complexity index is 525. The van der Waals surface area contributed by atoms with Gasteiger partial charge in [-0.1, -0.05) is 24.3 Å². The van der Waals surface area contributed by atoms with E-state index in [2.05, 4.69) is 17.0 Å². The van der Waals surface area contributed by atoms with E-state index in [4.69, 9.17) is 0 Å². The van der Waals surface area contributed by atoms with Crippen LogP contribution >= 0.6 is 0 Å². The van der Waals surface area contributed by atoms with Gasteiger partial charge in [-0.05, 0) is 12.1 Å². The zero-order valence-electron chi connectivity index (χ0n) is 8.81. The maximum absolute atomic E-state index is 11.5. The Morgan fingerprint density at radius 1 is 1.38 bits per heavy atom. The van der Waals surface area contributed by atoms with E-state index < -0.39 is 0 Å². The Morgan fingerprint density at radius 3 is 2.81 bits per heavy atom. The number of allylic oxidation sites excluding steroid dienone is 1. The molecule has 0 aliphatic rings. The summed E-state index contributed by atoms with van der Waals surface area (Å²) >= 11 is 0. The molecule has 16 heavy (non-hydrogen) atoms. The number of rotatable bonds is 4. The van der Waals surface area contributed by atoms with Crippen LogP contribution in [-0.4, -0.2) is 9.78 Å². The van der Waals surface area contributed by atoms with Gasteiger partial charge < -0.3 is 5.32 Å². The lowest BCUT2D eigenvalue weighted by Gasteiger charge is -2.02. The fraction of sp³-hybridized carbons (Fsp3) is 0.0833. The monoisotopic (exact) mass is 215 g/mol. The predicted molar refractivity (Wildman–Crippen MR) is 65.0 cm³/mol. The number of nitrogens with zero attached hydrogens (tertiary/aromatic N) is 1. The van der Waals surface area contributed by atoms with Crippen LogP contribution in [0, 0.1) is 0 Å². The maximum atomic E-state index is 11.5. The third kappa shape index (κ3) is 2.23. The van der Waals surface area contributed by atoms with Gasteiger partial charge >= 0.3 is 0 Å². The minimum Gasteiger partial charge on any atom is -0.341 e. The van der Waals surface area contributed by atoms with Crippen LogP contribution in [0.1, 0.15) is 0 Å². The lowest BCUT2D eigenvalue weighted by atomic mass is 10.3. The first-order chi connectivity index (χ1) is 7.79. The highest BCUT2D eigenvalue weighted by Crippen LogP contribution is 2.11. The molecule has 1 heterocycles. The molecule has 0 bridgehead atoms. The average Bonchev–Trinajstić information content (AvgIpc) is 2.61. The van der Waals surface area contributed by atoms with Crippen molar-refractivity contribution >= 4 is 11.5 Å². The number of anilines is 2. The molecule has 82 valence electrons. The summed E-state index contributed by atoms with van der Waals surface area (Å²) in [6.45, 7) is 4.07.